The van der Waals surface area contributed by atoms with Gasteiger partial charge in [-0.3, -0.25) is 0 Å². The molecule has 0 radical (unpaired) electrons. The second-order valence-electron chi connectivity index (χ2n) is 3.91. The van der Waals surface area contributed by atoms with Crippen LogP contribution in [0.3, 0.4) is 0 Å². The molecular formula is C12H16P2. The van der Waals surface area contributed by atoms with Crippen LogP contribution < -0.4 is 0 Å². The minimum Gasteiger partial charge on any atom is -0.131 e. The van der Waals surface area contributed by atoms with Crippen molar-refractivity contribution in [3.05, 3.63) is 33.9 Å². The van der Waals surface area contributed by atoms with Crippen LogP contribution in [0.1, 0.15) is 22.0 Å². The molecule has 0 N–H and O–H groups in total. The van der Waals surface area contributed by atoms with Crippen molar-refractivity contribution in [2.45, 2.75) is 27.7 Å². The summed E-state index contributed by atoms with van der Waals surface area (Å²) in [7, 11) is 1.82. The Labute approximate surface area is 88.9 Å². The molecule has 0 amide bonds. The molecular weight excluding hydrogens is 206 g/mol. The second kappa shape index (κ2) is 3.61. The third-order valence-electron chi connectivity index (χ3n) is 3.02. The first kappa shape index (κ1) is 10.1. The number of rotatable bonds is 1. The van der Waals surface area contributed by atoms with Gasteiger partial charge in [0.15, 0.2) is 0 Å². The third kappa shape index (κ3) is 1.48. The monoisotopic (exact) mass is 222 g/mol. The third-order valence-corrected chi connectivity index (χ3v) is 6.16. The Kier molecular flexibility index (Phi) is 2.60. The van der Waals surface area contributed by atoms with Gasteiger partial charge in [0.1, 0.15) is 0 Å². The smallest absolute Gasteiger partial charge is 0.00560 e. The molecule has 0 aliphatic heterocycles. The fraction of sp³-hybridized carbons (Fsp3) is 0.333. The van der Waals surface area contributed by atoms with Gasteiger partial charge < -0.3 is 0 Å². The minimum atomic E-state index is 0.901. The fourth-order valence-corrected chi connectivity index (χ4v) is 4.80. The van der Waals surface area contributed by atoms with E-state index in [9.17, 15) is 0 Å². The maximum absolute atomic E-state index is 2.30. The van der Waals surface area contributed by atoms with E-state index in [4.69, 9.17) is 0 Å². The van der Waals surface area contributed by atoms with Crippen molar-refractivity contribution in [1.82, 2.24) is 0 Å². The molecule has 2 heterocycles. The van der Waals surface area contributed by atoms with Crippen LogP contribution in [0.4, 0.5) is 0 Å². The van der Waals surface area contributed by atoms with E-state index in [2.05, 4.69) is 39.6 Å². The molecule has 0 fully saturated rings. The van der Waals surface area contributed by atoms with Crippen LogP contribution in [-0.4, -0.2) is 0 Å². The van der Waals surface area contributed by atoms with Crippen LogP contribution in [0.2, 0.25) is 0 Å². The summed E-state index contributed by atoms with van der Waals surface area (Å²) in [6.45, 7) is 9.04. The average molecular weight is 222 g/mol. The van der Waals surface area contributed by atoms with Crippen LogP contribution in [0.25, 0.3) is 10.6 Å². The molecule has 2 aromatic rings. The summed E-state index contributed by atoms with van der Waals surface area (Å²) in [5.74, 6) is 2.30. The number of hydrogen-bond acceptors (Lipinski definition) is 0. The molecule has 0 aliphatic carbocycles. The average Bonchev–Trinajstić information content (AvgIpc) is 2.66. The standard InChI is InChI=1S/C12H16P2/c1-7-5-6-13-11(7)12-9(3)8(2)10(4)14-12/h5-6,13-14H,1-4H3. The Balaban J connectivity index is 2.63. The predicted octanol–water partition coefficient (Wildman–Crippen LogP) is 4.65. The van der Waals surface area contributed by atoms with Gasteiger partial charge in [0, 0.05) is 10.6 Å². The van der Waals surface area contributed by atoms with Gasteiger partial charge in [0.2, 0.25) is 0 Å². The van der Waals surface area contributed by atoms with E-state index < -0.39 is 0 Å². The Morgan fingerprint density at radius 1 is 0.929 bits per heavy atom. The topological polar surface area (TPSA) is 0 Å². The Bertz CT molecular complexity index is 461. The molecule has 0 nitrogen and oxygen atoms in total. The molecule has 0 aromatic carbocycles. The highest BCUT2D eigenvalue weighted by Gasteiger charge is 2.10. The first-order valence-electron chi connectivity index (χ1n) is 4.91. The molecule has 74 valence electrons. The molecule has 0 spiro atoms. The van der Waals surface area contributed by atoms with E-state index >= 15 is 0 Å². The Morgan fingerprint density at radius 3 is 2.07 bits per heavy atom. The molecule has 0 saturated heterocycles. The highest BCUT2D eigenvalue weighted by Crippen LogP contribution is 2.44. The van der Waals surface area contributed by atoms with Crippen molar-refractivity contribution in [3.63, 3.8) is 0 Å². The normalized spacial score (nSPS) is 12.0. The summed E-state index contributed by atoms with van der Waals surface area (Å²) in [6, 6.07) is 2.27. The molecule has 2 rings (SSSR count). The zero-order valence-electron chi connectivity index (χ0n) is 9.15. The molecule has 0 aliphatic rings. The van der Waals surface area contributed by atoms with Crippen LogP contribution in [-0.2, 0) is 0 Å². The van der Waals surface area contributed by atoms with E-state index in [-0.39, 0.29) is 0 Å². The molecule has 2 heteroatoms. The van der Waals surface area contributed by atoms with Gasteiger partial charge in [-0.05, 0) is 55.5 Å². The minimum absolute atomic E-state index is 0.901. The summed E-state index contributed by atoms with van der Waals surface area (Å²) >= 11 is 0. The van der Waals surface area contributed by atoms with Crippen molar-refractivity contribution in [1.29, 1.82) is 0 Å². The molecule has 0 saturated carbocycles. The first-order valence-corrected chi connectivity index (χ1v) is 6.99. The lowest BCUT2D eigenvalue weighted by atomic mass is 10.1. The van der Waals surface area contributed by atoms with Crippen LogP contribution in [0.15, 0.2) is 11.9 Å². The zero-order valence-corrected chi connectivity index (χ0v) is 11.2. The van der Waals surface area contributed by atoms with Crippen molar-refractivity contribution in [3.8, 4) is 10.6 Å². The summed E-state index contributed by atoms with van der Waals surface area (Å²) in [5.41, 5.74) is 4.54. The molecule has 2 atom stereocenters. The zero-order chi connectivity index (χ0) is 10.3. The van der Waals surface area contributed by atoms with E-state index in [0.717, 1.165) is 16.4 Å². The largest absolute Gasteiger partial charge is 0.131 e. The van der Waals surface area contributed by atoms with E-state index in [1.54, 1.807) is 15.9 Å². The highest BCUT2D eigenvalue weighted by molar-refractivity contribution is 7.40. The van der Waals surface area contributed by atoms with Crippen molar-refractivity contribution >= 4 is 16.4 Å². The quantitative estimate of drug-likeness (QED) is 0.658. The highest BCUT2D eigenvalue weighted by atomic mass is 31.0. The van der Waals surface area contributed by atoms with Crippen LogP contribution >= 0.6 is 16.4 Å². The van der Waals surface area contributed by atoms with Gasteiger partial charge in [0.05, 0.1) is 0 Å². The van der Waals surface area contributed by atoms with Crippen molar-refractivity contribution in [2.24, 2.45) is 0 Å². The van der Waals surface area contributed by atoms with Gasteiger partial charge in [-0.25, -0.2) is 0 Å². The maximum Gasteiger partial charge on any atom is 0.00560 e. The summed E-state index contributed by atoms with van der Waals surface area (Å²) in [4.78, 5) is 0. The summed E-state index contributed by atoms with van der Waals surface area (Å²) in [6.07, 6.45) is 0. The van der Waals surface area contributed by atoms with E-state index in [1.807, 2.05) is 0 Å². The lowest BCUT2D eigenvalue weighted by Crippen LogP contribution is -1.76. The second-order valence-corrected chi connectivity index (χ2v) is 6.53. The van der Waals surface area contributed by atoms with Crippen LogP contribution in [0.5, 0.6) is 0 Å². The van der Waals surface area contributed by atoms with E-state index in [1.165, 1.54) is 16.7 Å². The maximum atomic E-state index is 2.30. The van der Waals surface area contributed by atoms with Gasteiger partial charge in [-0.1, -0.05) is 6.07 Å². The van der Waals surface area contributed by atoms with Gasteiger partial charge >= 0.3 is 0 Å². The molecule has 2 aromatic heterocycles. The molecule has 14 heavy (non-hydrogen) atoms. The van der Waals surface area contributed by atoms with Gasteiger partial charge in [-0.15, -0.1) is 16.4 Å². The van der Waals surface area contributed by atoms with Gasteiger partial charge in [-0.2, -0.15) is 0 Å². The van der Waals surface area contributed by atoms with Crippen molar-refractivity contribution in [2.75, 3.05) is 0 Å². The number of aryl methyl sites for hydroxylation is 2. The summed E-state index contributed by atoms with van der Waals surface area (Å²) in [5, 5.41) is 4.81. The lowest BCUT2D eigenvalue weighted by Gasteiger charge is -2.00. The number of hydrogen-bond donors (Lipinski definition) is 0. The Morgan fingerprint density at radius 2 is 1.64 bits per heavy atom. The van der Waals surface area contributed by atoms with E-state index in [0.29, 0.717) is 0 Å². The Hall–Kier alpha value is -0.440. The summed E-state index contributed by atoms with van der Waals surface area (Å²) < 4.78 is 0. The molecule has 2 unspecified atom stereocenters. The van der Waals surface area contributed by atoms with Gasteiger partial charge in [0.25, 0.3) is 0 Å². The first-order chi connectivity index (χ1) is 6.61. The fourth-order valence-electron chi connectivity index (χ4n) is 1.81. The van der Waals surface area contributed by atoms with Crippen LogP contribution in [0, 0.1) is 27.7 Å². The molecule has 0 bridgehead atoms. The lowest BCUT2D eigenvalue weighted by molar-refractivity contribution is 1.35. The SMILES string of the molecule is Cc1cc[pH]c1-c1[pH]c(C)c(C)c1C. The predicted molar refractivity (Wildman–Crippen MR) is 69.8 cm³/mol. The van der Waals surface area contributed by atoms with Crippen molar-refractivity contribution < 1.29 is 0 Å².